The number of likely N-dealkylation sites (N-methyl/N-ethyl adjacent to an activating group) is 1. The summed E-state index contributed by atoms with van der Waals surface area (Å²) in [6.45, 7) is 0.703. The molecular weight excluding hydrogens is 184 g/mol. The van der Waals surface area contributed by atoms with Crippen molar-refractivity contribution in [1.29, 1.82) is 0 Å². The molecule has 0 aromatic rings. The smallest absolute Gasteiger partial charge is 0.251 e. The SMILES string of the molecule is COC(OC)/C(N)=C1\CCN(C)C1=O. The fourth-order valence-corrected chi connectivity index (χ4v) is 1.48. The van der Waals surface area contributed by atoms with Gasteiger partial charge in [-0.25, -0.2) is 0 Å². The fraction of sp³-hybridized carbons (Fsp3) is 0.667. The highest BCUT2D eigenvalue weighted by Gasteiger charge is 2.27. The van der Waals surface area contributed by atoms with Crippen molar-refractivity contribution in [3.05, 3.63) is 11.3 Å². The zero-order valence-corrected chi connectivity index (χ0v) is 8.74. The third kappa shape index (κ3) is 1.88. The van der Waals surface area contributed by atoms with Crippen LogP contribution in [0.15, 0.2) is 11.3 Å². The molecule has 5 nitrogen and oxygen atoms in total. The Labute approximate surface area is 83.5 Å². The lowest BCUT2D eigenvalue weighted by Crippen LogP contribution is -2.27. The van der Waals surface area contributed by atoms with E-state index in [-0.39, 0.29) is 5.91 Å². The first kappa shape index (κ1) is 11.0. The second-order valence-corrected chi connectivity index (χ2v) is 3.21. The molecule has 1 heterocycles. The lowest BCUT2D eigenvalue weighted by molar-refractivity contribution is -0.124. The van der Waals surface area contributed by atoms with Crippen LogP contribution in [0.2, 0.25) is 0 Å². The maximum atomic E-state index is 11.6. The first-order chi connectivity index (χ1) is 6.61. The molecule has 80 valence electrons. The van der Waals surface area contributed by atoms with Gasteiger partial charge >= 0.3 is 0 Å². The molecule has 0 saturated carbocycles. The zero-order valence-electron chi connectivity index (χ0n) is 8.74. The number of nitrogens with two attached hydrogens (primary N) is 1. The largest absolute Gasteiger partial charge is 0.398 e. The Kier molecular flexibility index (Phi) is 3.49. The second kappa shape index (κ2) is 4.43. The van der Waals surface area contributed by atoms with Gasteiger partial charge in [-0.1, -0.05) is 0 Å². The summed E-state index contributed by atoms with van der Waals surface area (Å²) in [5.74, 6) is -0.0402. The van der Waals surface area contributed by atoms with Gasteiger partial charge in [-0.2, -0.15) is 0 Å². The monoisotopic (exact) mass is 200 g/mol. The third-order valence-electron chi connectivity index (χ3n) is 2.33. The Bertz CT molecular complexity index is 259. The number of likely N-dealkylation sites (tertiary alicyclic amines) is 1. The summed E-state index contributed by atoms with van der Waals surface area (Å²) < 4.78 is 9.96. The van der Waals surface area contributed by atoms with Gasteiger partial charge in [0.2, 0.25) is 0 Å². The molecule has 1 amide bonds. The third-order valence-corrected chi connectivity index (χ3v) is 2.33. The summed E-state index contributed by atoms with van der Waals surface area (Å²) in [5, 5.41) is 0. The molecule has 1 fully saturated rings. The van der Waals surface area contributed by atoms with E-state index in [0.29, 0.717) is 24.2 Å². The molecule has 0 aliphatic carbocycles. The average molecular weight is 200 g/mol. The maximum Gasteiger partial charge on any atom is 0.251 e. The predicted molar refractivity (Wildman–Crippen MR) is 51.3 cm³/mol. The fourth-order valence-electron chi connectivity index (χ4n) is 1.48. The summed E-state index contributed by atoms with van der Waals surface area (Å²) in [5.41, 5.74) is 6.76. The van der Waals surface area contributed by atoms with E-state index in [2.05, 4.69) is 0 Å². The van der Waals surface area contributed by atoms with Crippen LogP contribution in [0, 0.1) is 0 Å². The van der Waals surface area contributed by atoms with Gasteiger partial charge in [0.05, 0.1) is 5.70 Å². The number of hydrogen-bond donors (Lipinski definition) is 1. The molecule has 0 atom stereocenters. The number of rotatable bonds is 3. The molecule has 0 aromatic heterocycles. The predicted octanol–water partition coefficient (Wildman–Crippen LogP) is -0.320. The standard InChI is InChI=1S/C9H16N2O3/c1-11-5-4-6(8(11)12)7(10)9(13-2)14-3/h9H,4-5,10H2,1-3H3/b7-6-. The van der Waals surface area contributed by atoms with Crippen LogP contribution in [-0.4, -0.2) is 44.9 Å². The maximum absolute atomic E-state index is 11.6. The zero-order chi connectivity index (χ0) is 10.7. The molecule has 1 saturated heterocycles. The van der Waals surface area contributed by atoms with Crippen LogP contribution in [0.25, 0.3) is 0 Å². The van der Waals surface area contributed by atoms with Crippen LogP contribution in [0.3, 0.4) is 0 Å². The van der Waals surface area contributed by atoms with Gasteiger partial charge in [0.25, 0.3) is 5.91 Å². The molecule has 5 heteroatoms. The van der Waals surface area contributed by atoms with Crippen molar-refractivity contribution in [2.24, 2.45) is 5.73 Å². The Morgan fingerprint density at radius 2 is 2.07 bits per heavy atom. The van der Waals surface area contributed by atoms with Crippen LogP contribution in [-0.2, 0) is 14.3 Å². The first-order valence-electron chi connectivity index (χ1n) is 4.41. The van der Waals surface area contributed by atoms with Crippen LogP contribution in [0.4, 0.5) is 0 Å². The van der Waals surface area contributed by atoms with E-state index in [0.717, 1.165) is 0 Å². The minimum absolute atomic E-state index is 0.0402. The normalized spacial score (nSPS) is 20.9. The quantitative estimate of drug-likeness (QED) is 0.501. The van der Waals surface area contributed by atoms with Crippen LogP contribution in [0.5, 0.6) is 0 Å². The van der Waals surface area contributed by atoms with Crippen molar-refractivity contribution < 1.29 is 14.3 Å². The summed E-state index contributed by atoms with van der Waals surface area (Å²) >= 11 is 0. The Morgan fingerprint density at radius 3 is 2.43 bits per heavy atom. The molecule has 14 heavy (non-hydrogen) atoms. The Balaban J connectivity index is 2.88. The molecule has 1 aliphatic rings. The highest BCUT2D eigenvalue weighted by atomic mass is 16.7. The van der Waals surface area contributed by atoms with E-state index in [4.69, 9.17) is 15.2 Å². The van der Waals surface area contributed by atoms with E-state index in [1.807, 2.05) is 0 Å². The van der Waals surface area contributed by atoms with E-state index in [9.17, 15) is 4.79 Å². The molecule has 0 aromatic carbocycles. The van der Waals surface area contributed by atoms with Gasteiger partial charge in [-0.15, -0.1) is 0 Å². The van der Waals surface area contributed by atoms with Crippen molar-refractivity contribution in [2.45, 2.75) is 12.7 Å². The lowest BCUT2D eigenvalue weighted by Gasteiger charge is -2.15. The topological polar surface area (TPSA) is 64.8 Å². The number of ether oxygens (including phenoxy) is 2. The van der Waals surface area contributed by atoms with Crippen LogP contribution in [0.1, 0.15) is 6.42 Å². The van der Waals surface area contributed by atoms with Crippen molar-refractivity contribution in [1.82, 2.24) is 4.90 Å². The van der Waals surface area contributed by atoms with Gasteiger partial charge in [-0.3, -0.25) is 4.79 Å². The van der Waals surface area contributed by atoms with Crippen LogP contribution >= 0.6 is 0 Å². The molecule has 0 radical (unpaired) electrons. The molecule has 0 spiro atoms. The highest BCUT2D eigenvalue weighted by Crippen LogP contribution is 2.19. The molecular formula is C9H16N2O3. The second-order valence-electron chi connectivity index (χ2n) is 3.21. The van der Waals surface area contributed by atoms with Crippen molar-refractivity contribution in [3.63, 3.8) is 0 Å². The Morgan fingerprint density at radius 1 is 1.50 bits per heavy atom. The Hall–Kier alpha value is -1.07. The summed E-state index contributed by atoms with van der Waals surface area (Å²) in [7, 11) is 4.73. The number of amides is 1. The number of carbonyl (C=O) groups excluding carboxylic acids is 1. The van der Waals surface area contributed by atoms with E-state index < -0.39 is 6.29 Å². The van der Waals surface area contributed by atoms with E-state index in [1.54, 1.807) is 11.9 Å². The van der Waals surface area contributed by atoms with Crippen LogP contribution < -0.4 is 5.73 Å². The molecule has 1 rings (SSSR count). The molecule has 0 bridgehead atoms. The lowest BCUT2D eigenvalue weighted by atomic mass is 10.1. The van der Waals surface area contributed by atoms with Gasteiger partial charge in [0.15, 0.2) is 6.29 Å². The minimum atomic E-state index is -0.625. The van der Waals surface area contributed by atoms with E-state index >= 15 is 0 Å². The van der Waals surface area contributed by atoms with E-state index in [1.165, 1.54) is 14.2 Å². The minimum Gasteiger partial charge on any atom is -0.398 e. The molecule has 1 aliphatic heterocycles. The molecule has 2 N–H and O–H groups in total. The average Bonchev–Trinajstić information content (AvgIpc) is 2.49. The number of carbonyl (C=O) groups is 1. The number of hydrogen-bond acceptors (Lipinski definition) is 4. The van der Waals surface area contributed by atoms with Crippen molar-refractivity contribution >= 4 is 5.91 Å². The van der Waals surface area contributed by atoms with Gasteiger partial charge in [0.1, 0.15) is 0 Å². The summed E-state index contributed by atoms with van der Waals surface area (Å²) in [4.78, 5) is 13.2. The number of nitrogens with zero attached hydrogens (tertiary/aromatic N) is 1. The number of methoxy groups -OCH3 is 2. The van der Waals surface area contributed by atoms with Gasteiger partial charge in [-0.05, 0) is 6.42 Å². The van der Waals surface area contributed by atoms with Crippen molar-refractivity contribution in [2.75, 3.05) is 27.8 Å². The highest BCUT2D eigenvalue weighted by molar-refractivity contribution is 5.96. The molecule has 0 unspecified atom stereocenters. The summed E-state index contributed by atoms with van der Waals surface area (Å²) in [6, 6.07) is 0. The summed E-state index contributed by atoms with van der Waals surface area (Å²) in [6.07, 6.45) is 0.0325. The van der Waals surface area contributed by atoms with Gasteiger partial charge in [0, 0.05) is 33.4 Å². The van der Waals surface area contributed by atoms with Gasteiger partial charge < -0.3 is 20.1 Å². The van der Waals surface area contributed by atoms with Crippen molar-refractivity contribution in [3.8, 4) is 0 Å². The first-order valence-corrected chi connectivity index (χ1v) is 4.41.